The van der Waals surface area contributed by atoms with Crippen LogP contribution in [0.2, 0.25) is 0 Å². The Morgan fingerprint density at radius 2 is 2.00 bits per heavy atom. The standard InChI is InChI=1S/C21H26N2O3/c1-25-19-9-5-8-18(12-19)13-21(24)22-14-20-16-23(10-11-26-20)15-17-6-3-2-4-7-17/h2-9,12,20H,10-11,13-16H2,1H3,(H,22,24). The van der Waals surface area contributed by atoms with E-state index in [-0.39, 0.29) is 12.0 Å². The molecule has 3 rings (SSSR count). The summed E-state index contributed by atoms with van der Waals surface area (Å²) in [6.07, 6.45) is 0.374. The van der Waals surface area contributed by atoms with Gasteiger partial charge in [0.1, 0.15) is 5.75 Å². The first kappa shape index (κ1) is 18.4. The number of nitrogens with one attached hydrogen (secondary N) is 1. The summed E-state index contributed by atoms with van der Waals surface area (Å²) in [6.45, 7) is 3.90. The summed E-state index contributed by atoms with van der Waals surface area (Å²) >= 11 is 0. The second-order valence-electron chi connectivity index (χ2n) is 6.55. The zero-order valence-electron chi connectivity index (χ0n) is 15.2. The molecular weight excluding hydrogens is 328 g/mol. The monoisotopic (exact) mass is 354 g/mol. The highest BCUT2D eigenvalue weighted by molar-refractivity contribution is 5.78. The second kappa shape index (κ2) is 9.36. The number of hydrogen-bond acceptors (Lipinski definition) is 4. The van der Waals surface area contributed by atoms with Crippen molar-refractivity contribution in [2.75, 3.05) is 33.4 Å². The lowest BCUT2D eigenvalue weighted by Crippen LogP contribution is -2.47. The summed E-state index contributed by atoms with van der Waals surface area (Å²) in [6, 6.07) is 18.0. The summed E-state index contributed by atoms with van der Waals surface area (Å²) in [5.41, 5.74) is 2.24. The van der Waals surface area contributed by atoms with Crippen LogP contribution in [0.5, 0.6) is 5.75 Å². The minimum Gasteiger partial charge on any atom is -0.497 e. The molecule has 1 unspecified atom stereocenters. The number of rotatable bonds is 7. The minimum atomic E-state index is 0.00189. The number of methoxy groups -OCH3 is 1. The Kier molecular flexibility index (Phi) is 6.63. The third-order valence-corrected chi connectivity index (χ3v) is 4.50. The van der Waals surface area contributed by atoms with E-state index in [2.05, 4.69) is 34.5 Å². The van der Waals surface area contributed by atoms with E-state index < -0.39 is 0 Å². The van der Waals surface area contributed by atoms with Crippen molar-refractivity contribution in [3.8, 4) is 5.75 Å². The average molecular weight is 354 g/mol. The van der Waals surface area contributed by atoms with Crippen molar-refractivity contribution in [1.82, 2.24) is 10.2 Å². The Hall–Kier alpha value is -2.37. The lowest BCUT2D eigenvalue weighted by atomic mass is 10.1. The van der Waals surface area contributed by atoms with E-state index in [1.54, 1.807) is 7.11 Å². The van der Waals surface area contributed by atoms with Crippen LogP contribution in [0.3, 0.4) is 0 Å². The van der Waals surface area contributed by atoms with Crippen molar-refractivity contribution in [2.45, 2.75) is 19.1 Å². The molecule has 1 aliphatic heterocycles. The predicted molar refractivity (Wildman–Crippen MR) is 101 cm³/mol. The van der Waals surface area contributed by atoms with Crippen LogP contribution < -0.4 is 10.1 Å². The molecule has 0 radical (unpaired) electrons. The van der Waals surface area contributed by atoms with Gasteiger partial charge < -0.3 is 14.8 Å². The summed E-state index contributed by atoms with van der Waals surface area (Å²) < 4.78 is 11.0. The van der Waals surface area contributed by atoms with Gasteiger partial charge in [-0.3, -0.25) is 9.69 Å². The van der Waals surface area contributed by atoms with E-state index in [1.807, 2.05) is 30.3 Å². The maximum Gasteiger partial charge on any atom is 0.224 e. The quantitative estimate of drug-likeness (QED) is 0.829. The smallest absolute Gasteiger partial charge is 0.224 e. The summed E-state index contributed by atoms with van der Waals surface area (Å²) in [5, 5.41) is 2.99. The van der Waals surface area contributed by atoms with Gasteiger partial charge >= 0.3 is 0 Å². The van der Waals surface area contributed by atoms with Crippen LogP contribution in [0.1, 0.15) is 11.1 Å². The molecule has 1 atom stereocenters. The lowest BCUT2D eigenvalue weighted by molar-refractivity contribution is -0.121. The highest BCUT2D eigenvalue weighted by atomic mass is 16.5. The van der Waals surface area contributed by atoms with Crippen molar-refractivity contribution in [1.29, 1.82) is 0 Å². The summed E-state index contributed by atoms with van der Waals surface area (Å²) in [5.74, 6) is 0.768. The maximum absolute atomic E-state index is 12.2. The molecular formula is C21H26N2O3. The minimum absolute atomic E-state index is 0.00189. The fraction of sp³-hybridized carbons (Fsp3) is 0.381. The van der Waals surface area contributed by atoms with E-state index in [1.165, 1.54) is 5.56 Å². The predicted octanol–water partition coefficient (Wildman–Crippen LogP) is 2.25. The first-order valence-electron chi connectivity index (χ1n) is 9.00. The highest BCUT2D eigenvalue weighted by Gasteiger charge is 2.21. The van der Waals surface area contributed by atoms with Crippen LogP contribution in [-0.2, 0) is 22.5 Å². The van der Waals surface area contributed by atoms with E-state index in [4.69, 9.17) is 9.47 Å². The van der Waals surface area contributed by atoms with Gasteiger partial charge in [-0.15, -0.1) is 0 Å². The van der Waals surface area contributed by atoms with Crippen LogP contribution >= 0.6 is 0 Å². The Morgan fingerprint density at radius 3 is 2.81 bits per heavy atom. The largest absolute Gasteiger partial charge is 0.497 e. The van der Waals surface area contributed by atoms with Gasteiger partial charge in [0.25, 0.3) is 0 Å². The molecule has 1 saturated heterocycles. The number of hydrogen-bond donors (Lipinski definition) is 1. The van der Waals surface area contributed by atoms with Crippen LogP contribution in [0.25, 0.3) is 0 Å². The average Bonchev–Trinajstić information content (AvgIpc) is 2.68. The van der Waals surface area contributed by atoms with Crippen LogP contribution in [0.15, 0.2) is 54.6 Å². The Balaban J connectivity index is 1.44. The van der Waals surface area contributed by atoms with Gasteiger partial charge in [-0.1, -0.05) is 42.5 Å². The number of ether oxygens (including phenoxy) is 2. The van der Waals surface area contributed by atoms with Gasteiger partial charge in [0.05, 0.1) is 26.2 Å². The SMILES string of the molecule is COc1cccc(CC(=O)NCC2CN(Cc3ccccc3)CCO2)c1. The van der Waals surface area contributed by atoms with Crippen LogP contribution in [-0.4, -0.2) is 50.3 Å². The molecule has 1 fully saturated rings. The van der Waals surface area contributed by atoms with E-state index in [0.29, 0.717) is 19.6 Å². The van der Waals surface area contributed by atoms with Crippen LogP contribution in [0.4, 0.5) is 0 Å². The number of benzene rings is 2. The van der Waals surface area contributed by atoms with Gasteiger partial charge in [-0.25, -0.2) is 0 Å². The second-order valence-corrected chi connectivity index (χ2v) is 6.55. The summed E-state index contributed by atoms with van der Waals surface area (Å²) in [4.78, 5) is 14.6. The number of carbonyl (C=O) groups is 1. The fourth-order valence-electron chi connectivity index (χ4n) is 3.15. The molecule has 0 spiro atoms. The van der Waals surface area contributed by atoms with Gasteiger partial charge in [-0.05, 0) is 23.3 Å². The fourth-order valence-corrected chi connectivity index (χ4v) is 3.15. The molecule has 5 heteroatoms. The molecule has 0 bridgehead atoms. The molecule has 5 nitrogen and oxygen atoms in total. The van der Waals surface area contributed by atoms with Crippen molar-refractivity contribution < 1.29 is 14.3 Å². The lowest BCUT2D eigenvalue weighted by Gasteiger charge is -2.33. The topological polar surface area (TPSA) is 50.8 Å². The zero-order chi connectivity index (χ0) is 18.2. The molecule has 2 aromatic carbocycles. The first-order chi connectivity index (χ1) is 12.7. The van der Waals surface area contributed by atoms with Crippen LogP contribution in [0, 0.1) is 0 Å². The molecule has 0 aliphatic carbocycles. The van der Waals surface area contributed by atoms with Crippen molar-refractivity contribution in [2.24, 2.45) is 0 Å². The molecule has 1 amide bonds. The van der Waals surface area contributed by atoms with Gasteiger partial charge in [0, 0.05) is 26.2 Å². The molecule has 0 aromatic heterocycles. The highest BCUT2D eigenvalue weighted by Crippen LogP contribution is 2.13. The summed E-state index contributed by atoms with van der Waals surface area (Å²) in [7, 11) is 1.63. The van der Waals surface area contributed by atoms with Gasteiger partial charge in [0.15, 0.2) is 0 Å². The van der Waals surface area contributed by atoms with E-state index in [0.717, 1.165) is 30.9 Å². The first-order valence-corrected chi connectivity index (χ1v) is 9.00. The van der Waals surface area contributed by atoms with Crippen molar-refractivity contribution in [3.05, 3.63) is 65.7 Å². The Morgan fingerprint density at radius 1 is 1.19 bits per heavy atom. The number of nitrogens with zero attached hydrogens (tertiary/aromatic N) is 1. The maximum atomic E-state index is 12.2. The Labute approximate surface area is 154 Å². The number of morpholine rings is 1. The normalized spacial score (nSPS) is 17.7. The number of amides is 1. The molecule has 2 aromatic rings. The van der Waals surface area contributed by atoms with Gasteiger partial charge in [-0.2, -0.15) is 0 Å². The number of carbonyl (C=O) groups excluding carboxylic acids is 1. The molecule has 1 heterocycles. The zero-order valence-corrected chi connectivity index (χ0v) is 15.2. The molecule has 26 heavy (non-hydrogen) atoms. The molecule has 0 saturated carbocycles. The van der Waals surface area contributed by atoms with Gasteiger partial charge in [0.2, 0.25) is 5.91 Å². The third-order valence-electron chi connectivity index (χ3n) is 4.50. The molecule has 138 valence electrons. The Bertz CT molecular complexity index is 705. The third kappa shape index (κ3) is 5.58. The van der Waals surface area contributed by atoms with Crippen molar-refractivity contribution in [3.63, 3.8) is 0 Å². The van der Waals surface area contributed by atoms with E-state index in [9.17, 15) is 4.79 Å². The molecule has 1 N–H and O–H groups in total. The van der Waals surface area contributed by atoms with E-state index >= 15 is 0 Å². The van der Waals surface area contributed by atoms with Crippen molar-refractivity contribution >= 4 is 5.91 Å². The molecule has 1 aliphatic rings.